The van der Waals surface area contributed by atoms with Crippen LogP contribution in [0.25, 0.3) is 0 Å². The Morgan fingerprint density at radius 3 is 2.50 bits per heavy atom. The van der Waals surface area contributed by atoms with Gasteiger partial charge in [0.25, 0.3) is 0 Å². The number of benzene rings is 2. The van der Waals surface area contributed by atoms with Gasteiger partial charge in [0.05, 0.1) is 20.6 Å². The molecule has 2 atom stereocenters. The average Bonchev–Trinajstić information content (AvgIpc) is 2.78. The first-order chi connectivity index (χ1) is 16.1. The van der Waals surface area contributed by atoms with Crippen LogP contribution in [0.2, 0.25) is 0 Å². The number of phenols is 2. The van der Waals surface area contributed by atoms with E-state index in [-0.39, 0.29) is 35.4 Å². The van der Waals surface area contributed by atoms with Crippen LogP contribution in [0, 0.1) is 5.92 Å². The minimum absolute atomic E-state index is 0.0330. The quantitative estimate of drug-likeness (QED) is 0.422. The first-order valence-electron chi connectivity index (χ1n) is 11.4. The molecule has 0 amide bonds. The summed E-state index contributed by atoms with van der Waals surface area (Å²) >= 11 is 0. The molecule has 3 rings (SSSR count). The lowest BCUT2D eigenvalue weighted by Crippen LogP contribution is -2.23. The lowest BCUT2D eigenvalue weighted by molar-refractivity contribution is 0.0837. The second-order valence-electron chi connectivity index (χ2n) is 9.19. The molecule has 0 fully saturated rings. The summed E-state index contributed by atoms with van der Waals surface area (Å²) in [5, 5.41) is 20.8. The average molecular weight is 467 g/mol. The van der Waals surface area contributed by atoms with E-state index in [1.54, 1.807) is 6.07 Å². The molecule has 0 radical (unpaired) electrons. The number of carbonyl (C=O) groups is 1. The Morgan fingerprint density at radius 1 is 1.18 bits per heavy atom. The fourth-order valence-electron chi connectivity index (χ4n) is 4.43. The van der Waals surface area contributed by atoms with E-state index in [9.17, 15) is 15.0 Å². The minimum atomic E-state index is -0.627. The van der Waals surface area contributed by atoms with Gasteiger partial charge >= 0.3 is 0 Å². The highest BCUT2D eigenvalue weighted by Crippen LogP contribution is 2.48. The van der Waals surface area contributed by atoms with Crippen LogP contribution in [0.15, 0.2) is 48.1 Å². The predicted molar refractivity (Wildman–Crippen MR) is 132 cm³/mol. The van der Waals surface area contributed by atoms with Crippen LogP contribution in [0.5, 0.6) is 28.7 Å². The molecule has 1 unspecified atom stereocenters. The van der Waals surface area contributed by atoms with E-state index in [1.165, 1.54) is 38.0 Å². The van der Waals surface area contributed by atoms with Crippen LogP contribution in [0.4, 0.5) is 0 Å². The molecule has 34 heavy (non-hydrogen) atoms. The van der Waals surface area contributed by atoms with E-state index in [0.717, 1.165) is 18.4 Å². The van der Waals surface area contributed by atoms with Gasteiger partial charge in [0.2, 0.25) is 0 Å². The van der Waals surface area contributed by atoms with Crippen molar-refractivity contribution in [1.29, 1.82) is 0 Å². The first kappa shape index (κ1) is 25.2. The molecule has 0 saturated heterocycles. The maximum absolute atomic E-state index is 13.3. The van der Waals surface area contributed by atoms with Gasteiger partial charge in [-0.15, -0.1) is 6.58 Å². The third-order valence-corrected chi connectivity index (χ3v) is 6.01. The number of aromatic hydroxyl groups is 2. The molecule has 2 aromatic rings. The third kappa shape index (κ3) is 5.56. The maximum atomic E-state index is 13.3. The fraction of sp³-hybridized carbons (Fsp3) is 0.393. The molecule has 6 heteroatoms. The molecular formula is C28H34O6. The van der Waals surface area contributed by atoms with Crippen LogP contribution in [0.1, 0.15) is 67.6 Å². The number of ether oxygens (including phenoxy) is 3. The second kappa shape index (κ2) is 10.7. The molecule has 0 spiro atoms. The molecule has 2 aromatic carbocycles. The first-order valence-corrected chi connectivity index (χ1v) is 11.4. The summed E-state index contributed by atoms with van der Waals surface area (Å²) in [4.78, 5) is 13.3. The van der Waals surface area contributed by atoms with Crippen LogP contribution in [0.3, 0.4) is 0 Å². The molecule has 0 aliphatic carbocycles. The SMILES string of the molecule is C=C(C)CC(CC=C(C)C)Cc1c(O)cc(OC)c2c1O[C@H](c1ccc(O)cc1OC)CC2=O. The smallest absolute Gasteiger partial charge is 0.174 e. The Labute approximate surface area is 201 Å². The largest absolute Gasteiger partial charge is 0.508 e. The predicted octanol–water partition coefficient (Wildman–Crippen LogP) is 6.30. The topological polar surface area (TPSA) is 85.2 Å². The van der Waals surface area contributed by atoms with Crippen molar-refractivity contribution in [1.82, 2.24) is 0 Å². The lowest BCUT2D eigenvalue weighted by Gasteiger charge is -2.30. The normalized spacial score (nSPS) is 15.7. The number of hydrogen-bond acceptors (Lipinski definition) is 6. The van der Waals surface area contributed by atoms with Gasteiger partial charge in [-0.1, -0.05) is 17.2 Å². The highest BCUT2D eigenvalue weighted by Gasteiger charge is 2.35. The Hall–Kier alpha value is -3.41. The molecule has 0 aromatic heterocycles. The number of methoxy groups -OCH3 is 2. The Kier molecular flexibility index (Phi) is 7.92. The number of rotatable bonds is 9. The molecule has 1 aliphatic rings. The van der Waals surface area contributed by atoms with Crippen molar-refractivity contribution in [3.05, 3.63) is 64.8 Å². The summed E-state index contributed by atoms with van der Waals surface area (Å²) in [6.07, 6.45) is 3.75. The van der Waals surface area contributed by atoms with Gasteiger partial charge in [-0.05, 0) is 58.1 Å². The van der Waals surface area contributed by atoms with E-state index < -0.39 is 6.10 Å². The summed E-state index contributed by atoms with van der Waals surface area (Å²) in [6, 6.07) is 6.21. The van der Waals surface area contributed by atoms with E-state index in [2.05, 4.69) is 26.5 Å². The van der Waals surface area contributed by atoms with Gasteiger partial charge in [0, 0.05) is 23.3 Å². The summed E-state index contributed by atoms with van der Waals surface area (Å²) < 4.78 is 17.2. The number of phenolic OH excluding ortho intramolecular Hbond substituents is 2. The van der Waals surface area contributed by atoms with Crippen molar-refractivity contribution in [2.75, 3.05) is 14.2 Å². The van der Waals surface area contributed by atoms with Crippen molar-refractivity contribution < 1.29 is 29.2 Å². The number of ketones is 1. The molecule has 0 saturated carbocycles. The molecule has 6 nitrogen and oxygen atoms in total. The Balaban J connectivity index is 2.09. The van der Waals surface area contributed by atoms with Crippen molar-refractivity contribution in [2.45, 2.75) is 52.6 Å². The van der Waals surface area contributed by atoms with Crippen molar-refractivity contribution in [3.63, 3.8) is 0 Å². The molecule has 1 heterocycles. The fourth-order valence-corrected chi connectivity index (χ4v) is 4.43. The standard InChI is InChI=1S/C28H34O6/c1-16(2)7-8-18(11-17(3)4)12-21-22(30)14-26(33-6)27-23(31)15-25(34-28(21)27)20-10-9-19(29)13-24(20)32-5/h7,9-10,13-14,18,25,29-30H,3,8,11-12,15H2,1-2,4-6H3/t18?,25-/m0/s1. The van der Waals surface area contributed by atoms with Crippen LogP contribution < -0.4 is 14.2 Å². The van der Waals surface area contributed by atoms with E-state index in [1.807, 2.05) is 6.92 Å². The van der Waals surface area contributed by atoms with E-state index >= 15 is 0 Å². The van der Waals surface area contributed by atoms with Gasteiger partial charge in [0.1, 0.15) is 40.4 Å². The lowest BCUT2D eigenvalue weighted by atomic mass is 9.86. The zero-order valence-electron chi connectivity index (χ0n) is 20.6. The zero-order chi connectivity index (χ0) is 25.0. The minimum Gasteiger partial charge on any atom is -0.508 e. The van der Waals surface area contributed by atoms with E-state index in [4.69, 9.17) is 14.2 Å². The van der Waals surface area contributed by atoms with Crippen molar-refractivity contribution >= 4 is 5.78 Å². The van der Waals surface area contributed by atoms with Crippen LogP contribution in [-0.2, 0) is 6.42 Å². The number of hydrogen-bond donors (Lipinski definition) is 2. The van der Waals surface area contributed by atoms with Gasteiger partial charge in [-0.25, -0.2) is 0 Å². The third-order valence-electron chi connectivity index (χ3n) is 6.01. The van der Waals surface area contributed by atoms with Gasteiger partial charge in [0.15, 0.2) is 5.78 Å². The molecule has 182 valence electrons. The summed E-state index contributed by atoms with van der Waals surface area (Å²) in [5.74, 6) is 1.20. The summed E-state index contributed by atoms with van der Waals surface area (Å²) in [6.45, 7) is 10.2. The van der Waals surface area contributed by atoms with Gasteiger partial charge < -0.3 is 24.4 Å². The molecule has 1 aliphatic heterocycles. The second-order valence-corrected chi connectivity index (χ2v) is 9.19. The van der Waals surface area contributed by atoms with Crippen molar-refractivity contribution in [2.24, 2.45) is 5.92 Å². The highest BCUT2D eigenvalue weighted by molar-refractivity contribution is 6.03. The molecular weight excluding hydrogens is 432 g/mol. The molecule has 0 bridgehead atoms. The number of Topliss-reactive ketones (excluding diaryl/α,β-unsaturated/α-hetero) is 1. The summed E-state index contributed by atoms with van der Waals surface area (Å²) in [7, 11) is 2.97. The zero-order valence-corrected chi connectivity index (χ0v) is 20.6. The summed E-state index contributed by atoms with van der Waals surface area (Å²) in [5.41, 5.74) is 3.85. The number of allylic oxidation sites excluding steroid dienone is 3. The van der Waals surface area contributed by atoms with Crippen LogP contribution >= 0.6 is 0 Å². The Morgan fingerprint density at radius 2 is 1.88 bits per heavy atom. The van der Waals surface area contributed by atoms with Gasteiger partial charge in [-0.3, -0.25) is 4.79 Å². The number of fused-ring (bicyclic) bond motifs is 1. The van der Waals surface area contributed by atoms with E-state index in [0.29, 0.717) is 34.6 Å². The number of carbonyl (C=O) groups excluding carboxylic acids is 1. The van der Waals surface area contributed by atoms with Crippen LogP contribution in [-0.4, -0.2) is 30.2 Å². The van der Waals surface area contributed by atoms with Gasteiger partial charge in [-0.2, -0.15) is 0 Å². The monoisotopic (exact) mass is 466 g/mol. The maximum Gasteiger partial charge on any atom is 0.174 e. The highest BCUT2D eigenvalue weighted by atomic mass is 16.5. The Bertz CT molecular complexity index is 1110. The van der Waals surface area contributed by atoms with Crippen molar-refractivity contribution in [3.8, 4) is 28.7 Å². The molecule has 2 N–H and O–H groups in total.